The number of anilines is 1. The lowest BCUT2D eigenvalue weighted by atomic mass is 9.62. The Morgan fingerprint density at radius 3 is 2.54 bits per heavy atom. The summed E-state index contributed by atoms with van der Waals surface area (Å²) in [5.74, 6) is 0.993. The highest BCUT2D eigenvalue weighted by Gasteiger charge is 2.44. The quantitative estimate of drug-likeness (QED) is 0.396. The molecule has 11 heteroatoms. The van der Waals surface area contributed by atoms with E-state index < -0.39 is 29.6 Å². The van der Waals surface area contributed by atoms with Crippen LogP contribution in [0.2, 0.25) is 0 Å². The Hall–Kier alpha value is -3.47. The van der Waals surface area contributed by atoms with Gasteiger partial charge in [-0.3, -0.25) is 9.59 Å². The maximum absolute atomic E-state index is 13.3. The minimum Gasteiger partial charge on any atom is -0.322 e. The molecule has 39 heavy (non-hydrogen) atoms. The van der Waals surface area contributed by atoms with Crippen LogP contribution >= 0.6 is 0 Å². The maximum atomic E-state index is 13.3. The largest absolute Gasteiger partial charge is 0.406 e. The molecule has 2 saturated carbocycles. The molecule has 2 fully saturated rings. The van der Waals surface area contributed by atoms with E-state index in [4.69, 9.17) is 0 Å². The molecule has 208 valence electrons. The predicted molar refractivity (Wildman–Crippen MR) is 140 cm³/mol. The SMILES string of the molecule is Cn1cnnc1[C@@](C)(c1cccc(NC(=O)c2cc(CNCC3CC3)cn(CC(F)(F)F)c2=O)c1)C1CCC1. The first kappa shape index (κ1) is 27.1. The summed E-state index contributed by atoms with van der Waals surface area (Å²) in [7, 11) is 1.90. The van der Waals surface area contributed by atoms with Gasteiger partial charge in [-0.05, 0) is 80.3 Å². The number of aromatic nitrogens is 4. The van der Waals surface area contributed by atoms with Gasteiger partial charge in [0, 0.05) is 25.5 Å². The molecule has 8 nitrogen and oxygen atoms in total. The summed E-state index contributed by atoms with van der Waals surface area (Å²) >= 11 is 0. The second-order valence-corrected chi connectivity index (χ2v) is 11.0. The second kappa shape index (κ2) is 10.6. The summed E-state index contributed by atoms with van der Waals surface area (Å²) in [5, 5.41) is 14.4. The van der Waals surface area contributed by atoms with E-state index in [-0.39, 0.29) is 12.1 Å². The molecule has 5 rings (SSSR count). The lowest BCUT2D eigenvalue weighted by molar-refractivity contribution is -0.141. The van der Waals surface area contributed by atoms with Gasteiger partial charge in [-0.15, -0.1) is 10.2 Å². The third kappa shape index (κ3) is 5.93. The number of aryl methyl sites for hydroxylation is 1. The number of nitrogens with zero attached hydrogens (tertiary/aromatic N) is 4. The number of alkyl halides is 3. The Morgan fingerprint density at radius 2 is 1.92 bits per heavy atom. The lowest BCUT2D eigenvalue weighted by Gasteiger charge is -2.42. The summed E-state index contributed by atoms with van der Waals surface area (Å²) in [5.41, 5.74) is 0.0726. The molecule has 2 N–H and O–H groups in total. The molecule has 1 amide bonds. The van der Waals surface area contributed by atoms with Gasteiger partial charge in [-0.2, -0.15) is 13.2 Å². The van der Waals surface area contributed by atoms with E-state index in [0.717, 1.165) is 50.0 Å². The van der Waals surface area contributed by atoms with Crippen LogP contribution in [0.15, 0.2) is 47.7 Å². The zero-order valence-corrected chi connectivity index (χ0v) is 22.1. The molecule has 2 aliphatic rings. The van der Waals surface area contributed by atoms with Gasteiger partial charge in [0.2, 0.25) is 0 Å². The van der Waals surface area contributed by atoms with E-state index in [1.165, 1.54) is 12.3 Å². The van der Waals surface area contributed by atoms with Crippen molar-refractivity contribution in [2.75, 3.05) is 11.9 Å². The fourth-order valence-corrected chi connectivity index (χ4v) is 5.42. The van der Waals surface area contributed by atoms with Crippen molar-refractivity contribution in [1.82, 2.24) is 24.6 Å². The lowest BCUT2D eigenvalue weighted by Crippen LogP contribution is -2.40. The zero-order chi connectivity index (χ0) is 27.8. The average molecular weight is 543 g/mol. The number of halogens is 3. The van der Waals surface area contributed by atoms with E-state index in [1.54, 1.807) is 12.4 Å². The van der Waals surface area contributed by atoms with Crippen molar-refractivity contribution in [2.24, 2.45) is 18.9 Å². The minimum atomic E-state index is -4.60. The molecule has 0 radical (unpaired) electrons. The molecule has 1 aromatic carbocycles. The standard InChI is InChI=1S/C28H33F3N6O2/c1-27(20-5-3-6-20,26-35-33-17-36(26)2)21-7-4-8-22(12-21)34-24(38)23-11-19(14-32-13-18-9-10-18)15-37(25(23)39)16-28(29,30)31/h4,7-8,11-12,15,17-18,20,32H,3,5-6,9-10,13-14,16H2,1-2H3,(H,34,38)/t27-/m1/s1. The molecule has 2 aliphatic carbocycles. The van der Waals surface area contributed by atoms with Crippen LogP contribution in [-0.2, 0) is 25.6 Å². The van der Waals surface area contributed by atoms with Crippen molar-refractivity contribution in [3.05, 3.63) is 75.7 Å². The molecule has 1 atom stereocenters. The number of pyridine rings is 1. The normalized spacial score (nSPS) is 17.5. The van der Waals surface area contributed by atoms with Gasteiger partial charge in [0.25, 0.3) is 11.5 Å². The van der Waals surface area contributed by atoms with E-state index in [1.807, 2.05) is 29.8 Å². The maximum Gasteiger partial charge on any atom is 0.406 e. The van der Waals surface area contributed by atoms with Gasteiger partial charge in [0.05, 0.1) is 5.41 Å². The number of carbonyl (C=O) groups excluding carboxylic acids is 1. The third-order valence-corrected chi connectivity index (χ3v) is 8.01. The number of hydrogen-bond donors (Lipinski definition) is 2. The van der Waals surface area contributed by atoms with Gasteiger partial charge in [0.1, 0.15) is 24.3 Å². The number of carbonyl (C=O) groups is 1. The Kier molecular flexibility index (Phi) is 7.37. The van der Waals surface area contributed by atoms with Crippen molar-refractivity contribution < 1.29 is 18.0 Å². The number of nitrogens with one attached hydrogen (secondary N) is 2. The molecular weight excluding hydrogens is 509 g/mol. The molecule has 2 heterocycles. The Bertz CT molecular complexity index is 1410. The highest BCUT2D eigenvalue weighted by atomic mass is 19.4. The Balaban J connectivity index is 1.43. The predicted octanol–water partition coefficient (Wildman–Crippen LogP) is 4.40. The van der Waals surface area contributed by atoms with Gasteiger partial charge in [0.15, 0.2) is 0 Å². The number of benzene rings is 1. The summed E-state index contributed by atoms with van der Waals surface area (Å²) in [6.07, 6.45) is 3.71. The summed E-state index contributed by atoms with van der Waals surface area (Å²) in [4.78, 5) is 26.2. The minimum absolute atomic E-state index is 0.266. The highest BCUT2D eigenvalue weighted by Crippen LogP contribution is 2.47. The van der Waals surface area contributed by atoms with Gasteiger partial charge >= 0.3 is 6.18 Å². The monoisotopic (exact) mass is 542 g/mol. The van der Waals surface area contributed by atoms with E-state index in [0.29, 0.717) is 27.7 Å². The van der Waals surface area contributed by atoms with Crippen LogP contribution < -0.4 is 16.2 Å². The third-order valence-electron chi connectivity index (χ3n) is 8.01. The van der Waals surface area contributed by atoms with E-state index in [9.17, 15) is 22.8 Å². The van der Waals surface area contributed by atoms with Gasteiger partial charge < -0.3 is 19.8 Å². The van der Waals surface area contributed by atoms with Crippen LogP contribution in [0, 0.1) is 11.8 Å². The summed E-state index contributed by atoms with van der Waals surface area (Å²) < 4.78 is 42.1. The Morgan fingerprint density at radius 1 is 1.15 bits per heavy atom. The fourth-order valence-electron chi connectivity index (χ4n) is 5.42. The zero-order valence-electron chi connectivity index (χ0n) is 22.1. The fraction of sp³-hybridized carbons (Fsp3) is 0.500. The smallest absolute Gasteiger partial charge is 0.322 e. The first-order valence-corrected chi connectivity index (χ1v) is 13.3. The van der Waals surface area contributed by atoms with Crippen LogP contribution in [0.1, 0.15) is 66.3 Å². The van der Waals surface area contributed by atoms with Crippen LogP contribution in [0.25, 0.3) is 0 Å². The van der Waals surface area contributed by atoms with E-state index in [2.05, 4.69) is 27.8 Å². The summed E-state index contributed by atoms with van der Waals surface area (Å²) in [6, 6.07) is 8.73. The number of amides is 1. The average Bonchev–Trinajstić information content (AvgIpc) is 3.56. The van der Waals surface area contributed by atoms with Crippen LogP contribution in [0.5, 0.6) is 0 Å². The highest BCUT2D eigenvalue weighted by molar-refractivity contribution is 6.04. The molecule has 0 aliphatic heterocycles. The van der Waals surface area contributed by atoms with Crippen molar-refractivity contribution in [3.63, 3.8) is 0 Å². The van der Waals surface area contributed by atoms with Crippen molar-refractivity contribution in [1.29, 1.82) is 0 Å². The Labute approximate surface area is 224 Å². The topological polar surface area (TPSA) is 93.8 Å². The number of hydrogen-bond acceptors (Lipinski definition) is 5. The van der Waals surface area contributed by atoms with Crippen molar-refractivity contribution in [3.8, 4) is 0 Å². The first-order chi connectivity index (χ1) is 18.5. The van der Waals surface area contributed by atoms with Crippen LogP contribution in [-0.4, -0.2) is 38.0 Å². The van der Waals surface area contributed by atoms with Crippen LogP contribution in [0.3, 0.4) is 0 Å². The first-order valence-electron chi connectivity index (χ1n) is 13.3. The molecule has 3 aromatic rings. The van der Waals surface area contributed by atoms with Gasteiger partial charge in [-0.25, -0.2) is 0 Å². The molecule has 0 bridgehead atoms. The van der Waals surface area contributed by atoms with Crippen molar-refractivity contribution >= 4 is 11.6 Å². The molecule has 0 unspecified atom stereocenters. The number of rotatable bonds is 10. The molecular formula is C28H33F3N6O2. The van der Waals surface area contributed by atoms with Crippen molar-refractivity contribution in [2.45, 2.75) is 63.7 Å². The second-order valence-electron chi connectivity index (χ2n) is 11.0. The van der Waals surface area contributed by atoms with Crippen LogP contribution in [0.4, 0.5) is 18.9 Å². The molecule has 2 aromatic heterocycles. The molecule has 0 saturated heterocycles. The summed E-state index contributed by atoms with van der Waals surface area (Å²) in [6.45, 7) is 1.67. The van der Waals surface area contributed by atoms with E-state index >= 15 is 0 Å². The van der Waals surface area contributed by atoms with Gasteiger partial charge in [-0.1, -0.05) is 18.6 Å². The molecule has 0 spiro atoms.